The molecule has 0 fully saturated rings. The first-order valence-corrected chi connectivity index (χ1v) is 5.03. The first-order chi connectivity index (χ1) is 6.88. The van der Waals surface area contributed by atoms with Crippen molar-refractivity contribution in [2.24, 2.45) is 0 Å². The predicted molar refractivity (Wildman–Crippen MR) is 60.1 cm³/mol. The van der Waals surface area contributed by atoms with Gasteiger partial charge in [0.1, 0.15) is 0 Å². The molecule has 0 N–H and O–H groups in total. The van der Waals surface area contributed by atoms with Crippen LogP contribution >= 0.6 is 0 Å². The summed E-state index contributed by atoms with van der Waals surface area (Å²) in [6, 6.07) is 5.80. The Labute approximate surface area is 85.0 Å². The molecule has 0 aliphatic rings. The van der Waals surface area contributed by atoms with Gasteiger partial charge in [-0.05, 0) is 18.2 Å². The highest BCUT2D eigenvalue weighted by Crippen LogP contribution is 2.05. The molecule has 2 aromatic rings. The Balaban J connectivity index is 0.000000213. The summed E-state index contributed by atoms with van der Waals surface area (Å²) in [7, 11) is 0. The van der Waals surface area contributed by atoms with Gasteiger partial charge in [0, 0.05) is 24.0 Å². The number of fused-ring (bicyclic) bond motifs is 1. The number of hydrogen-bond acceptors (Lipinski definition) is 2. The molecule has 0 saturated heterocycles. The van der Waals surface area contributed by atoms with Gasteiger partial charge in [0.2, 0.25) is 0 Å². The molecule has 74 valence electrons. The van der Waals surface area contributed by atoms with Gasteiger partial charge in [-0.2, -0.15) is 0 Å². The van der Waals surface area contributed by atoms with Crippen LogP contribution in [0.15, 0.2) is 36.8 Å². The van der Waals surface area contributed by atoms with Gasteiger partial charge in [-0.1, -0.05) is 26.7 Å². The topological polar surface area (TPSA) is 25.8 Å². The molecule has 0 aliphatic heterocycles. The molecule has 2 heterocycles. The molecule has 2 nitrogen and oxygen atoms in total. The molecule has 0 radical (unpaired) electrons. The van der Waals surface area contributed by atoms with E-state index in [0.717, 1.165) is 10.9 Å². The summed E-state index contributed by atoms with van der Waals surface area (Å²) in [5.41, 5.74) is 0.998. The molecule has 2 heteroatoms. The zero-order chi connectivity index (χ0) is 10.2. The van der Waals surface area contributed by atoms with E-state index < -0.39 is 0 Å². The maximum absolute atomic E-state index is 4.14. The van der Waals surface area contributed by atoms with Gasteiger partial charge in [-0.25, -0.2) is 0 Å². The summed E-state index contributed by atoms with van der Waals surface area (Å²) in [5, 5.41) is 1.09. The van der Waals surface area contributed by atoms with Crippen LogP contribution in [0.5, 0.6) is 0 Å². The van der Waals surface area contributed by atoms with E-state index in [1.807, 2.05) is 24.4 Å². The molecular weight excluding hydrogens is 172 g/mol. The van der Waals surface area contributed by atoms with Gasteiger partial charge in [0.15, 0.2) is 0 Å². The largest absolute Gasteiger partial charge is 0.264 e. The summed E-state index contributed by atoms with van der Waals surface area (Å²) in [6.07, 6.45) is 7.97. The number of hydrogen-bond donors (Lipinski definition) is 0. The minimum absolute atomic E-state index is 0.998. The summed E-state index contributed by atoms with van der Waals surface area (Å²) in [6.45, 7) is 4.36. The van der Waals surface area contributed by atoms with Crippen molar-refractivity contribution in [1.29, 1.82) is 0 Å². The van der Waals surface area contributed by atoms with Crippen LogP contribution in [0.3, 0.4) is 0 Å². The smallest absolute Gasteiger partial charge is 0.0732 e. The molecule has 2 aromatic heterocycles. The van der Waals surface area contributed by atoms with Crippen molar-refractivity contribution in [2.45, 2.75) is 26.7 Å². The average Bonchev–Trinajstić information content (AvgIpc) is 2.30. The molecule has 0 bridgehead atoms. The molecule has 0 aliphatic carbocycles. The lowest BCUT2D eigenvalue weighted by Gasteiger charge is -1.90. The van der Waals surface area contributed by atoms with Crippen molar-refractivity contribution >= 4 is 10.9 Å². The first-order valence-electron chi connectivity index (χ1n) is 5.03. The number of rotatable bonds is 1. The molecule has 2 rings (SSSR count). The second-order valence-corrected chi connectivity index (χ2v) is 3.07. The third-order valence-electron chi connectivity index (χ3n) is 1.90. The van der Waals surface area contributed by atoms with Gasteiger partial charge >= 0.3 is 0 Å². The van der Waals surface area contributed by atoms with Crippen molar-refractivity contribution in [3.63, 3.8) is 0 Å². The maximum Gasteiger partial charge on any atom is 0.0732 e. The summed E-state index contributed by atoms with van der Waals surface area (Å²) < 4.78 is 0. The molecular formula is C12H16N2. The quantitative estimate of drug-likeness (QED) is 0.685. The number of pyridine rings is 2. The van der Waals surface area contributed by atoms with E-state index in [1.54, 1.807) is 12.4 Å². The van der Waals surface area contributed by atoms with Gasteiger partial charge in [0.25, 0.3) is 0 Å². The standard InChI is InChI=1S/C8H6N2.C4H10/c1-2-7-6-9-5-3-8(7)10-4-1;1-3-4-2/h1-6H;3-4H2,1-2H3. The number of nitrogens with zero attached hydrogens (tertiary/aromatic N) is 2. The van der Waals surface area contributed by atoms with Crippen LogP contribution in [0.25, 0.3) is 10.9 Å². The predicted octanol–water partition coefficient (Wildman–Crippen LogP) is 3.44. The average molecular weight is 188 g/mol. The van der Waals surface area contributed by atoms with E-state index in [2.05, 4.69) is 23.8 Å². The lowest BCUT2D eigenvalue weighted by atomic mass is 10.3. The Bertz CT molecular complexity index is 304. The molecule has 0 amide bonds. The molecule has 0 atom stereocenters. The highest BCUT2D eigenvalue weighted by Gasteiger charge is 1.87. The normalized spacial score (nSPS) is 9.29. The lowest BCUT2D eigenvalue weighted by Crippen LogP contribution is -1.76. The van der Waals surface area contributed by atoms with Crippen molar-refractivity contribution in [3.05, 3.63) is 36.8 Å². The minimum atomic E-state index is 0.998. The second-order valence-electron chi connectivity index (χ2n) is 3.07. The Hall–Kier alpha value is -1.44. The fraction of sp³-hybridized carbons (Fsp3) is 0.333. The van der Waals surface area contributed by atoms with E-state index in [4.69, 9.17) is 0 Å². The van der Waals surface area contributed by atoms with E-state index in [9.17, 15) is 0 Å². The summed E-state index contributed by atoms with van der Waals surface area (Å²) in [5.74, 6) is 0. The van der Waals surface area contributed by atoms with Crippen molar-refractivity contribution in [1.82, 2.24) is 9.97 Å². The Morgan fingerprint density at radius 1 is 1.07 bits per heavy atom. The molecule has 0 spiro atoms. The van der Waals surface area contributed by atoms with Crippen molar-refractivity contribution < 1.29 is 0 Å². The van der Waals surface area contributed by atoms with Gasteiger partial charge in [0.05, 0.1) is 5.52 Å². The highest BCUT2D eigenvalue weighted by molar-refractivity contribution is 5.76. The van der Waals surface area contributed by atoms with E-state index in [0.29, 0.717) is 0 Å². The highest BCUT2D eigenvalue weighted by atomic mass is 14.7. The SMILES string of the molecule is CCCC.c1cnc2ccncc2c1. The van der Waals surface area contributed by atoms with Gasteiger partial charge in [-0.3, -0.25) is 9.97 Å². The summed E-state index contributed by atoms with van der Waals surface area (Å²) >= 11 is 0. The Morgan fingerprint density at radius 2 is 1.86 bits per heavy atom. The van der Waals surface area contributed by atoms with Crippen LogP contribution in [-0.2, 0) is 0 Å². The number of unbranched alkanes of at least 4 members (excludes halogenated alkanes) is 1. The van der Waals surface area contributed by atoms with Crippen LogP contribution in [0, 0.1) is 0 Å². The first kappa shape index (κ1) is 10.6. The van der Waals surface area contributed by atoms with E-state index in [1.165, 1.54) is 12.8 Å². The fourth-order valence-electron chi connectivity index (χ4n) is 0.915. The van der Waals surface area contributed by atoms with Crippen molar-refractivity contribution in [2.75, 3.05) is 0 Å². The molecule has 0 unspecified atom stereocenters. The molecule has 14 heavy (non-hydrogen) atoms. The zero-order valence-corrected chi connectivity index (χ0v) is 8.77. The number of aromatic nitrogens is 2. The van der Waals surface area contributed by atoms with E-state index in [-0.39, 0.29) is 0 Å². The minimum Gasteiger partial charge on any atom is -0.264 e. The maximum atomic E-state index is 4.14. The van der Waals surface area contributed by atoms with Crippen LogP contribution in [-0.4, -0.2) is 9.97 Å². The molecule has 0 saturated carbocycles. The monoisotopic (exact) mass is 188 g/mol. The van der Waals surface area contributed by atoms with E-state index >= 15 is 0 Å². The van der Waals surface area contributed by atoms with Gasteiger partial charge < -0.3 is 0 Å². The van der Waals surface area contributed by atoms with Crippen LogP contribution < -0.4 is 0 Å². The molecule has 0 aromatic carbocycles. The third-order valence-corrected chi connectivity index (χ3v) is 1.90. The third kappa shape index (κ3) is 3.13. The van der Waals surface area contributed by atoms with Crippen LogP contribution in [0.2, 0.25) is 0 Å². The second kappa shape index (κ2) is 6.08. The van der Waals surface area contributed by atoms with Gasteiger partial charge in [-0.15, -0.1) is 0 Å². The van der Waals surface area contributed by atoms with Crippen LogP contribution in [0.4, 0.5) is 0 Å². The Kier molecular flexibility index (Phi) is 4.62. The fourth-order valence-corrected chi connectivity index (χ4v) is 0.915. The lowest BCUT2D eigenvalue weighted by molar-refractivity contribution is 0.886. The van der Waals surface area contributed by atoms with Crippen molar-refractivity contribution in [3.8, 4) is 0 Å². The van der Waals surface area contributed by atoms with Crippen LogP contribution in [0.1, 0.15) is 26.7 Å². The Morgan fingerprint density at radius 3 is 2.50 bits per heavy atom. The zero-order valence-electron chi connectivity index (χ0n) is 8.77. The summed E-state index contributed by atoms with van der Waals surface area (Å²) in [4.78, 5) is 8.11.